The lowest BCUT2D eigenvalue weighted by Gasteiger charge is -2.36. The first kappa shape index (κ1) is 23.3. The fraction of sp³-hybridized carbons (Fsp3) is 0.440. The first-order chi connectivity index (χ1) is 15.8. The van der Waals surface area contributed by atoms with Gasteiger partial charge in [-0.2, -0.15) is 0 Å². The third kappa shape index (κ3) is 5.55. The van der Waals surface area contributed by atoms with E-state index in [1.165, 1.54) is 12.1 Å². The Morgan fingerprint density at radius 3 is 2.15 bits per heavy atom. The van der Waals surface area contributed by atoms with Gasteiger partial charge in [-0.25, -0.2) is 8.42 Å². The smallest absolute Gasteiger partial charge is 0.261 e. The molecule has 2 aromatic carbocycles. The predicted molar refractivity (Wildman–Crippen MR) is 127 cm³/mol. The summed E-state index contributed by atoms with van der Waals surface area (Å²) in [6.45, 7) is 4.96. The minimum Gasteiger partial charge on any atom is -0.342 e. The van der Waals surface area contributed by atoms with E-state index < -0.39 is 10.0 Å². The molecule has 0 aromatic heterocycles. The van der Waals surface area contributed by atoms with Gasteiger partial charge in [-0.1, -0.05) is 31.2 Å². The number of piperidine rings is 2. The molecule has 0 saturated carbocycles. The van der Waals surface area contributed by atoms with Crippen molar-refractivity contribution in [1.82, 2.24) is 9.80 Å². The molecule has 2 aliphatic rings. The molecule has 0 unspecified atom stereocenters. The van der Waals surface area contributed by atoms with Crippen LogP contribution in [0.4, 0.5) is 5.69 Å². The predicted octanol–water partition coefficient (Wildman–Crippen LogP) is 3.60. The van der Waals surface area contributed by atoms with E-state index in [1.54, 1.807) is 47.4 Å². The number of amides is 2. The average molecular weight is 470 g/mol. The molecule has 0 bridgehead atoms. The summed E-state index contributed by atoms with van der Waals surface area (Å²) >= 11 is 0. The second-order valence-electron chi connectivity index (χ2n) is 9.07. The number of nitrogens with zero attached hydrogens (tertiary/aromatic N) is 2. The Kier molecular flexibility index (Phi) is 7.02. The first-order valence-electron chi connectivity index (χ1n) is 11.6. The SMILES string of the molecule is CC1CCN(C(=O)C2CCN(C(=O)c3cccc(NS(=O)(=O)c4ccccc4)c3)CC2)CC1. The highest BCUT2D eigenvalue weighted by Gasteiger charge is 2.31. The largest absolute Gasteiger partial charge is 0.342 e. The summed E-state index contributed by atoms with van der Waals surface area (Å²) in [6.07, 6.45) is 3.45. The molecule has 0 radical (unpaired) electrons. The van der Waals surface area contributed by atoms with E-state index in [9.17, 15) is 18.0 Å². The van der Waals surface area contributed by atoms with Crippen LogP contribution in [0.5, 0.6) is 0 Å². The molecule has 33 heavy (non-hydrogen) atoms. The molecule has 2 aliphatic heterocycles. The van der Waals surface area contributed by atoms with E-state index in [4.69, 9.17) is 0 Å². The van der Waals surface area contributed by atoms with Gasteiger partial charge in [0.1, 0.15) is 0 Å². The van der Waals surface area contributed by atoms with Crippen LogP contribution in [0.2, 0.25) is 0 Å². The molecular formula is C25H31N3O4S. The highest BCUT2D eigenvalue weighted by molar-refractivity contribution is 7.92. The second kappa shape index (κ2) is 9.95. The van der Waals surface area contributed by atoms with Crippen molar-refractivity contribution in [2.75, 3.05) is 30.9 Å². The van der Waals surface area contributed by atoms with E-state index >= 15 is 0 Å². The monoisotopic (exact) mass is 469 g/mol. The van der Waals surface area contributed by atoms with Crippen molar-refractivity contribution in [3.8, 4) is 0 Å². The number of sulfonamides is 1. The molecule has 0 atom stereocenters. The lowest BCUT2D eigenvalue weighted by molar-refractivity contribution is -0.138. The third-order valence-corrected chi connectivity index (χ3v) is 8.04. The van der Waals surface area contributed by atoms with Gasteiger partial charge in [-0.05, 0) is 61.9 Å². The van der Waals surface area contributed by atoms with Crippen molar-refractivity contribution in [3.63, 3.8) is 0 Å². The molecule has 2 saturated heterocycles. The highest BCUT2D eigenvalue weighted by Crippen LogP contribution is 2.25. The molecule has 0 aliphatic carbocycles. The molecule has 1 N–H and O–H groups in total. The normalized spacial score (nSPS) is 18.2. The summed E-state index contributed by atoms with van der Waals surface area (Å²) in [4.78, 5) is 29.8. The lowest BCUT2D eigenvalue weighted by Crippen LogP contribution is -2.46. The second-order valence-corrected chi connectivity index (χ2v) is 10.8. The van der Waals surface area contributed by atoms with Gasteiger partial charge in [0.15, 0.2) is 0 Å². The van der Waals surface area contributed by atoms with Gasteiger partial charge in [-0.15, -0.1) is 0 Å². The zero-order valence-electron chi connectivity index (χ0n) is 18.9. The Hall–Kier alpha value is -2.87. The Morgan fingerprint density at radius 1 is 0.848 bits per heavy atom. The van der Waals surface area contributed by atoms with E-state index in [2.05, 4.69) is 11.6 Å². The van der Waals surface area contributed by atoms with Gasteiger partial charge in [0.25, 0.3) is 15.9 Å². The van der Waals surface area contributed by atoms with Gasteiger partial charge in [0.2, 0.25) is 5.91 Å². The summed E-state index contributed by atoms with van der Waals surface area (Å²) in [5, 5.41) is 0. The lowest BCUT2D eigenvalue weighted by atomic mass is 9.92. The number of anilines is 1. The van der Waals surface area contributed by atoms with Crippen molar-refractivity contribution >= 4 is 27.5 Å². The number of nitrogens with one attached hydrogen (secondary N) is 1. The number of hydrogen-bond acceptors (Lipinski definition) is 4. The van der Waals surface area contributed by atoms with E-state index in [0.717, 1.165) is 25.9 Å². The molecule has 176 valence electrons. The van der Waals surface area contributed by atoms with Gasteiger partial charge >= 0.3 is 0 Å². The fourth-order valence-corrected chi connectivity index (χ4v) is 5.60. The van der Waals surface area contributed by atoms with E-state index in [1.807, 2.05) is 4.90 Å². The maximum Gasteiger partial charge on any atom is 0.261 e. The van der Waals surface area contributed by atoms with Crippen molar-refractivity contribution in [3.05, 3.63) is 60.2 Å². The number of carbonyl (C=O) groups is 2. The molecule has 0 spiro atoms. The van der Waals surface area contributed by atoms with Gasteiger partial charge in [0.05, 0.1) is 4.90 Å². The first-order valence-corrected chi connectivity index (χ1v) is 13.1. The zero-order valence-corrected chi connectivity index (χ0v) is 19.8. The van der Waals surface area contributed by atoms with Crippen molar-refractivity contribution in [2.24, 2.45) is 11.8 Å². The third-order valence-electron chi connectivity index (χ3n) is 6.64. The van der Waals surface area contributed by atoms with Crippen LogP contribution in [0, 0.1) is 11.8 Å². The number of likely N-dealkylation sites (tertiary alicyclic amines) is 2. The highest BCUT2D eigenvalue weighted by atomic mass is 32.2. The number of benzene rings is 2. The average Bonchev–Trinajstić information content (AvgIpc) is 2.84. The van der Waals surface area contributed by atoms with Crippen molar-refractivity contribution in [2.45, 2.75) is 37.5 Å². The molecule has 2 amide bonds. The topological polar surface area (TPSA) is 86.8 Å². The number of hydrogen-bond donors (Lipinski definition) is 1. The van der Waals surface area contributed by atoms with Crippen LogP contribution < -0.4 is 4.72 Å². The van der Waals surface area contributed by atoms with Crippen LogP contribution in [0.25, 0.3) is 0 Å². The number of rotatable bonds is 5. The summed E-state index contributed by atoms with van der Waals surface area (Å²) < 4.78 is 27.7. The minimum atomic E-state index is -3.73. The standard InChI is InChI=1S/C25H31N3O4S/c1-19-10-14-27(15-11-19)24(29)20-12-16-28(17-13-20)25(30)21-6-5-7-22(18-21)26-33(31,32)23-8-3-2-4-9-23/h2-9,18-20,26H,10-17H2,1H3. The van der Waals surface area contributed by atoms with Gasteiger partial charge in [-0.3, -0.25) is 14.3 Å². The van der Waals surface area contributed by atoms with Crippen LogP contribution in [-0.4, -0.2) is 56.2 Å². The maximum absolute atomic E-state index is 13.1. The summed E-state index contributed by atoms with van der Waals surface area (Å²) in [5.74, 6) is 0.743. The number of carbonyl (C=O) groups excluding carboxylic acids is 2. The molecule has 2 aromatic rings. The molecule has 7 nitrogen and oxygen atoms in total. The van der Waals surface area contributed by atoms with Crippen LogP contribution >= 0.6 is 0 Å². The maximum atomic E-state index is 13.1. The molecule has 8 heteroatoms. The Bertz CT molecular complexity index is 1090. The Labute approximate surface area is 195 Å². The summed E-state index contributed by atoms with van der Waals surface area (Å²) in [5.41, 5.74) is 0.771. The van der Waals surface area contributed by atoms with Crippen LogP contribution in [0.15, 0.2) is 59.5 Å². The molecule has 4 rings (SSSR count). The minimum absolute atomic E-state index is 0.0218. The summed E-state index contributed by atoms with van der Waals surface area (Å²) in [6, 6.07) is 14.7. The molecule has 2 heterocycles. The Morgan fingerprint density at radius 2 is 1.48 bits per heavy atom. The van der Waals surface area contributed by atoms with E-state index in [-0.39, 0.29) is 22.6 Å². The van der Waals surface area contributed by atoms with Crippen molar-refractivity contribution < 1.29 is 18.0 Å². The summed E-state index contributed by atoms with van der Waals surface area (Å²) in [7, 11) is -3.73. The quantitative estimate of drug-likeness (QED) is 0.725. The van der Waals surface area contributed by atoms with E-state index in [0.29, 0.717) is 43.1 Å². The molecular weight excluding hydrogens is 438 g/mol. The van der Waals surface area contributed by atoms with Crippen LogP contribution in [-0.2, 0) is 14.8 Å². The Balaban J connectivity index is 1.36. The van der Waals surface area contributed by atoms with Gasteiger partial charge in [0, 0.05) is 43.3 Å². The zero-order chi connectivity index (χ0) is 23.4. The molecule has 2 fully saturated rings. The van der Waals surface area contributed by atoms with Gasteiger partial charge < -0.3 is 9.80 Å². The van der Waals surface area contributed by atoms with Crippen molar-refractivity contribution in [1.29, 1.82) is 0 Å². The fourth-order valence-electron chi connectivity index (χ4n) is 4.53. The van der Waals surface area contributed by atoms with Crippen LogP contribution in [0.1, 0.15) is 43.0 Å². The van der Waals surface area contributed by atoms with Crippen LogP contribution in [0.3, 0.4) is 0 Å².